The number of ether oxygens (including phenoxy) is 1. The molecule has 2 bridgehead atoms. The Labute approximate surface area is 173 Å². The van der Waals surface area contributed by atoms with E-state index in [0.29, 0.717) is 23.7 Å². The molecule has 0 saturated carbocycles. The van der Waals surface area contributed by atoms with Gasteiger partial charge in [0.15, 0.2) is 0 Å². The first kappa shape index (κ1) is 18.7. The van der Waals surface area contributed by atoms with Crippen molar-refractivity contribution in [2.45, 2.75) is 38.3 Å². The molecule has 2 aromatic heterocycles. The van der Waals surface area contributed by atoms with Crippen molar-refractivity contribution in [3.63, 3.8) is 0 Å². The average Bonchev–Trinajstić information content (AvgIpc) is 3.49. The van der Waals surface area contributed by atoms with E-state index in [-0.39, 0.29) is 29.7 Å². The van der Waals surface area contributed by atoms with E-state index >= 15 is 0 Å². The number of aryl methyl sites for hydroxylation is 1. The number of nitrogens with zero attached hydrogens (tertiary/aromatic N) is 5. The number of hydrogen-bond acceptors (Lipinski definition) is 5. The molecule has 2 saturated heterocycles. The minimum absolute atomic E-state index is 0.0113. The number of fused-ring (bicyclic) bond motifs is 2. The normalized spacial score (nSPS) is 22.5. The number of pyridine rings is 1. The van der Waals surface area contributed by atoms with Gasteiger partial charge in [-0.1, -0.05) is 6.07 Å². The molecule has 8 heteroatoms. The number of halogens is 1. The van der Waals surface area contributed by atoms with Crippen LogP contribution in [0.5, 0.6) is 5.88 Å². The van der Waals surface area contributed by atoms with Crippen LogP contribution in [0.4, 0.5) is 4.39 Å². The second kappa shape index (κ2) is 7.51. The van der Waals surface area contributed by atoms with Crippen LogP contribution in [0.1, 0.15) is 35.2 Å². The van der Waals surface area contributed by atoms with Gasteiger partial charge in [-0.2, -0.15) is 15.0 Å². The number of amides is 1. The fourth-order valence-corrected chi connectivity index (χ4v) is 4.72. The van der Waals surface area contributed by atoms with Gasteiger partial charge in [-0.3, -0.25) is 4.79 Å². The van der Waals surface area contributed by atoms with E-state index in [1.165, 1.54) is 16.9 Å². The first-order valence-corrected chi connectivity index (χ1v) is 10.1. The number of hydrogen-bond donors (Lipinski definition) is 0. The Bertz CT molecular complexity index is 1050. The van der Waals surface area contributed by atoms with Crippen molar-refractivity contribution in [3.8, 4) is 11.6 Å². The van der Waals surface area contributed by atoms with Gasteiger partial charge in [-0.25, -0.2) is 9.37 Å². The Balaban J connectivity index is 1.35. The summed E-state index contributed by atoms with van der Waals surface area (Å²) in [6.07, 6.45) is 7.22. The van der Waals surface area contributed by atoms with Crippen LogP contribution in [0.3, 0.4) is 0 Å². The summed E-state index contributed by atoms with van der Waals surface area (Å²) >= 11 is 0. The van der Waals surface area contributed by atoms with Gasteiger partial charge in [-0.15, -0.1) is 0 Å². The molecule has 3 unspecified atom stereocenters. The van der Waals surface area contributed by atoms with E-state index in [0.717, 1.165) is 31.0 Å². The third kappa shape index (κ3) is 3.32. The SMILES string of the molecule is Cc1ccc(C(=O)N2C3CCC2C(COc2ccc(F)cn2)C3)c(-n2nccn2)c1. The summed E-state index contributed by atoms with van der Waals surface area (Å²) in [5.74, 6) is 0.260. The highest BCUT2D eigenvalue weighted by atomic mass is 19.1. The Kier molecular flexibility index (Phi) is 4.69. The van der Waals surface area contributed by atoms with E-state index in [1.807, 2.05) is 30.0 Å². The molecule has 2 fully saturated rings. The van der Waals surface area contributed by atoms with Crippen molar-refractivity contribution >= 4 is 5.91 Å². The van der Waals surface area contributed by atoms with E-state index in [4.69, 9.17) is 4.74 Å². The molecule has 0 N–H and O–H groups in total. The van der Waals surface area contributed by atoms with Crippen LogP contribution in [0.25, 0.3) is 5.69 Å². The zero-order chi connectivity index (χ0) is 20.7. The minimum atomic E-state index is -0.389. The van der Waals surface area contributed by atoms with Crippen molar-refractivity contribution in [1.82, 2.24) is 24.9 Å². The molecule has 30 heavy (non-hydrogen) atoms. The van der Waals surface area contributed by atoms with Crippen molar-refractivity contribution in [2.24, 2.45) is 5.92 Å². The fraction of sp³-hybridized carbons (Fsp3) is 0.364. The van der Waals surface area contributed by atoms with Crippen LogP contribution in [0.2, 0.25) is 0 Å². The third-order valence-corrected chi connectivity index (χ3v) is 6.06. The summed E-state index contributed by atoms with van der Waals surface area (Å²) < 4.78 is 18.8. The number of carbonyl (C=O) groups excluding carboxylic acids is 1. The molecule has 0 aliphatic carbocycles. The summed E-state index contributed by atoms with van der Waals surface area (Å²) in [4.78, 5) is 21.0. The summed E-state index contributed by atoms with van der Waals surface area (Å²) in [6.45, 7) is 2.45. The monoisotopic (exact) mass is 407 g/mol. The molecule has 0 spiro atoms. The van der Waals surface area contributed by atoms with Gasteiger partial charge in [0.2, 0.25) is 5.88 Å². The standard InChI is InChI=1S/C22H22FN5O2/c1-14-2-5-18(20(10-14)28-25-8-9-26-28)22(29)27-17-4-6-19(27)15(11-17)13-30-21-7-3-16(23)12-24-21/h2-3,5,7-10,12,15,17,19H,4,6,11,13H2,1H3. The number of benzene rings is 1. The smallest absolute Gasteiger partial charge is 0.256 e. The summed E-state index contributed by atoms with van der Waals surface area (Å²) in [5, 5.41) is 8.43. The van der Waals surface area contributed by atoms with Crippen LogP contribution < -0.4 is 4.74 Å². The highest BCUT2D eigenvalue weighted by Crippen LogP contribution is 2.43. The first-order chi connectivity index (χ1) is 14.6. The van der Waals surface area contributed by atoms with E-state index < -0.39 is 0 Å². The maximum atomic E-state index is 13.6. The van der Waals surface area contributed by atoms with Crippen LogP contribution in [0, 0.1) is 18.7 Å². The Hall–Kier alpha value is -3.29. The van der Waals surface area contributed by atoms with Gasteiger partial charge in [0.1, 0.15) is 5.82 Å². The summed E-state index contributed by atoms with van der Waals surface area (Å²) in [5.41, 5.74) is 2.34. The number of carbonyl (C=O) groups is 1. The predicted molar refractivity (Wildman–Crippen MR) is 107 cm³/mol. The third-order valence-electron chi connectivity index (χ3n) is 6.06. The fourth-order valence-electron chi connectivity index (χ4n) is 4.72. The zero-order valence-electron chi connectivity index (χ0n) is 16.6. The highest BCUT2D eigenvalue weighted by molar-refractivity contribution is 5.98. The Morgan fingerprint density at radius 3 is 2.80 bits per heavy atom. The van der Waals surface area contributed by atoms with Crippen molar-refractivity contribution in [2.75, 3.05) is 6.61 Å². The lowest BCUT2D eigenvalue weighted by atomic mass is 9.90. The van der Waals surface area contributed by atoms with Crippen molar-refractivity contribution < 1.29 is 13.9 Å². The van der Waals surface area contributed by atoms with Gasteiger partial charge < -0.3 is 9.64 Å². The molecule has 154 valence electrons. The van der Waals surface area contributed by atoms with Gasteiger partial charge in [-0.05, 0) is 49.9 Å². The van der Waals surface area contributed by atoms with Crippen LogP contribution >= 0.6 is 0 Å². The summed E-state index contributed by atoms with van der Waals surface area (Å²) in [7, 11) is 0. The van der Waals surface area contributed by atoms with Crippen molar-refractivity contribution in [1.29, 1.82) is 0 Å². The molecule has 3 atom stereocenters. The van der Waals surface area contributed by atoms with Crippen LogP contribution in [0.15, 0.2) is 48.9 Å². The van der Waals surface area contributed by atoms with E-state index in [1.54, 1.807) is 12.4 Å². The molecule has 2 aliphatic heterocycles. The molecule has 4 heterocycles. The molecular weight excluding hydrogens is 385 g/mol. The maximum absolute atomic E-state index is 13.6. The lowest BCUT2D eigenvalue weighted by molar-refractivity contribution is 0.0709. The Morgan fingerprint density at radius 1 is 1.20 bits per heavy atom. The molecular formula is C22H22FN5O2. The van der Waals surface area contributed by atoms with Crippen LogP contribution in [-0.2, 0) is 0 Å². The molecule has 3 aromatic rings. The van der Waals surface area contributed by atoms with E-state index in [2.05, 4.69) is 15.2 Å². The lowest BCUT2D eigenvalue weighted by Gasteiger charge is -2.25. The molecule has 7 nitrogen and oxygen atoms in total. The molecule has 1 amide bonds. The second-order valence-electron chi connectivity index (χ2n) is 7.97. The van der Waals surface area contributed by atoms with Crippen molar-refractivity contribution in [3.05, 3.63) is 65.9 Å². The lowest BCUT2D eigenvalue weighted by Crippen LogP contribution is -2.38. The number of rotatable bonds is 5. The van der Waals surface area contributed by atoms with Gasteiger partial charge in [0, 0.05) is 24.1 Å². The topological polar surface area (TPSA) is 73.1 Å². The van der Waals surface area contributed by atoms with Gasteiger partial charge in [0.05, 0.1) is 36.4 Å². The zero-order valence-corrected chi connectivity index (χ0v) is 16.6. The molecule has 5 rings (SSSR count). The quantitative estimate of drug-likeness (QED) is 0.650. The number of aromatic nitrogens is 4. The highest BCUT2D eigenvalue weighted by Gasteiger charge is 2.49. The average molecular weight is 407 g/mol. The minimum Gasteiger partial charge on any atom is -0.477 e. The summed E-state index contributed by atoms with van der Waals surface area (Å²) in [6, 6.07) is 8.94. The van der Waals surface area contributed by atoms with E-state index in [9.17, 15) is 9.18 Å². The Morgan fingerprint density at radius 2 is 2.03 bits per heavy atom. The predicted octanol–water partition coefficient (Wildman–Crippen LogP) is 3.18. The molecule has 1 aromatic carbocycles. The molecule has 2 aliphatic rings. The van der Waals surface area contributed by atoms with Gasteiger partial charge in [0.25, 0.3) is 5.91 Å². The first-order valence-electron chi connectivity index (χ1n) is 10.1. The van der Waals surface area contributed by atoms with Gasteiger partial charge >= 0.3 is 0 Å². The molecule has 0 radical (unpaired) electrons. The largest absolute Gasteiger partial charge is 0.477 e. The maximum Gasteiger partial charge on any atom is 0.256 e. The van der Waals surface area contributed by atoms with Crippen LogP contribution in [-0.4, -0.2) is 49.5 Å². The second-order valence-corrected chi connectivity index (χ2v) is 7.97.